The molecule has 2 saturated heterocycles. The summed E-state index contributed by atoms with van der Waals surface area (Å²) in [5.41, 5.74) is 0.291. The Morgan fingerprint density at radius 3 is 2.62 bits per heavy atom. The molecule has 1 saturated carbocycles. The highest BCUT2D eigenvalue weighted by molar-refractivity contribution is 4.97. The first-order valence-electron chi connectivity index (χ1n) is 7.17. The Morgan fingerprint density at radius 2 is 1.94 bits per heavy atom. The van der Waals surface area contributed by atoms with Crippen LogP contribution in [0.5, 0.6) is 0 Å². The van der Waals surface area contributed by atoms with Gasteiger partial charge in [0.25, 0.3) is 0 Å². The molecule has 0 aromatic heterocycles. The van der Waals surface area contributed by atoms with E-state index < -0.39 is 0 Å². The van der Waals surface area contributed by atoms with Gasteiger partial charge in [0.05, 0.1) is 5.60 Å². The average Bonchev–Trinajstić information content (AvgIpc) is 2.94. The Kier molecular flexibility index (Phi) is 2.97. The average molecular weight is 223 g/mol. The van der Waals surface area contributed by atoms with E-state index in [-0.39, 0.29) is 0 Å². The molecule has 0 aromatic carbocycles. The van der Waals surface area contributed by atoms with E-state index in [1.165, 1.54) is 58.0 Å². The first kappa shape index (κ1) is 11.0. The van der Waals surface area contributed by atoms with Gasteiger partial charge < -0.3 is 9.64 Å². The quantitative estimate of drug-likeness (QED) is 0.678. The van der Waals surface area contributed by atoms with Crippen molar-refractivity contribution in [1.29, 1.82) is 0 Å². The van der Waals surface area contributed by atoms with Crippen molar-refractivity contribution in [3.63, 3.8) is 0 Å². The summed E-state index contributed by atoms with van der Waals surface area (Å²) in [5, 5.41) is 0. The van der Waals surface area contributed by atoms with Crippen molar-refractivity contribution < 1.29 is 4.74 Å². The lowest BCUT2D eigenvalue weighted by molar-refractivity contribution is -0.0626. The van der Waals surface area contributed by atoms with Gasteiger partial charge in [-0.05, 0) is 64.0 Å². The fourth-order valence-electron chi connectivity index (χ4n) is 4.04. The fraction of sp³-hybridized carbons (Fsp3) is 1.00. The zero-order valence-electron chi connectivity index (χ0n) is 10.6. The van der Waals surface area contributed by atoms with Gasteiger partial charge in [-0.25, -0.2) is 0 Å². The van der Waals surface area contributed by atoms with Crippen LogP contribution in [0.15, 0.2) is 0 Å². The highest BCUT2D eigenvalue weighted by atomic mass is 16.5. The number of hydrogen-bond acceptors (Lipinski definition) is 2. The van der Waals surface area contributed by atoms with Crippen molar-refractivity contribution in [3.8, 4) is 0 Å². The molecule has 3 rings (SSSR count). The van der Waals surface area contributed by atoms with Crippen LogP contribution in [-0.2, 0) is 4.74 Å². The molecule has 1 aliphatic carbocycles. The molecule has 2 nitrogen and oxygen atoms in total. The molecule has 2 heterocycles. The monoisotopic (exact) mass is 223 g/mol. The summed E-state index contributed by atoms with van der Waals surface area (Å²) < 4.78 is 6.09. The van der Waals surface area contributed by atoms with E-state index in [0.29, 0.717) is 5.60 Å². The maximum Gasteiger partial charge on any atom is 0.0698 e. The third-order valence-corrected chi connectivity index (χ3v) is 5.09. The van der Waals surface area contributed by atoms with Gasteiger partial charge in [-0.1, -0.05) is 6.92 Å². The van der Waals surface area contributed by atoms with Gasteiger partial charge in [0.2, 0.25) is 0 Å². The lowest BCUT2D eigenvalue weighted by atomic mass is 9.74. The van der Waals surface area contributed by atoms with Crippen LogP contribution >= 0.6 is 0 Å². The van der Waals surface area contributed by atoms with Crippen molar-refractivity contribution in [3.05, 3.63) is 0 Å². The SMILES string of the molecule is CC1CCC2(CCCO2)CC1N1CCCC1. The van der Waals surface area contributed by atoms with Crippen LogP contribution in [0, 0.1) is 5.92 Å². The van der Waals surface area contributed by atoms with Crippen molar-refractivity contribution >= 4 is 0 Å². The van der Waals surface area contributed by atoms with Crippen LogP contribution in [0.4, 0.5) is 0 Å². The molecular weight excluding hydrogens is 198 g/mol. The summed E-state index contributed by atoms with van der Waals surface area (Å²) >= 11 is 0. The van der Waals surface area contributed by atoms with Gasteiger partial charge in [0.1, 0.15) is 0 Å². The van der Waals surface area contributed by atoms with Crippen molar-refractivity contribution in [2.24, 2.45) is 5.92 Å². The second-order valence-corrected chi connectivity index (χ2v) is 6.17. The van der Waals surface area contributed by atoms with Crippen LogP contribution in [0.3, 0.4) is 0 Å². The predicted octanol–water partition coefficient (Wildman–Crippen LogP) is 2.82. The summed E-state index contributed by atoms with van der Waals surface area (Å²) in [5.74, 6) is 0.882. The number of hydrogen-bond donors (Lipinski definition) is 0. The second kappa shape index (κ2) is 4.30. The summed E-state index contributed by atoms with van der Waals surface area (Å²) in [6.07, 6.45) is 9.45. The zero-order chi connectivity index (χ0) is 11.0. The molecule has 2 aliphatic heterocycles. The van der Waals surface area contributed by atoms with Gasteiger partial charge in [-0.2, -0.15) is 0 Å². The summed E-state index contributed by atoms with van der Waals surface area (Å²) in [6, 6.07) is 0.814. The topological polar surface area (TPSA) is 12.5 Å². The molecular formula is C14H25NO. The lowest BCUT2D eigenvalue weighted by Crippen LogP contribution is -2.48. The molecule has 3 aliphatic rings. The molecule has 0 bridgehead atoms. The number of rotatable bonds is 1. The van der Waals surface area contributed by atoms with Crippen LogP contribution in [0.2, 0.25) is 0 Å². The van der Waals surface area contributed by atoms with Crippen LogP contribution in [0.1, 0.15) is 51.9 Å². The molecule has 0 radical (unpaired) electrons. The van der Waals surface area contributed by atoms with E-state index in [1.54, 1.807) is 0 Å². The Labute approximate surface area is 99.3 Å². The van der Waals surface area contributed by atoms with Crippen LogP contribution in [-0.4, -0.2) is 36.2 Å². The second-order valence-electron chi connectivity index (χ2n) is 6.17. The minimum atomic E-state index is 0.291. The third-order valence-electron chi connectivity index (χ3n) is 5.09. The Balaban J connectivity index is 1.70. The van der Waals surface area contributed by atoms with Gasteiger partial charge in [0.15, 0.2) is 0 Å². The molecule has 3 unspecified atom stereocenters. The van der Waals surface area contributed by atoms with Crippen LogP contribution in [0.25, 0.3) is 0 Å². The van der Waals surface area contributed by atoms with E-state index in [1.807, 2.05) is 0 Å². The minimum absolute atomic E-state index is 0.291. The first-order chi connectivity index (χ1) is 7.79. The lowest BCUT2D eigenvalue weighted by Gasteiger charge is -2.44. The Bertz CT molecular complexity index is 241. The third kappa shape index (κ3) is 1.91. The smallest absolute Gasteiger partial charge is 0.0698 e. The maximum atomic E-state index is 6.09. The van der Waals surface area contributed by atoms with Gasteiger partial charge in [0, 0.05) is 12.6 Å². The molecule has 3 fully saturated rings. The van der Waals surface area contributed by atoms with E-state index in [2.05, 4.69) is 11.8 Å². The molecule has 2 heteroatoms. The number of ether oxygens (including phenoxy) is 1. The van der Waals surface area contributed by atoms with E-state index >= 15 is 0 Å². The Morgan fingerprint density at radius 1 is 1.12 bits per heavy atom. The molecule has 0 amide bonds. The van der Waals surface area contributed by atoms with Gasteiger partial charge in [-0.15, -0.1) is 0 Å². The number of likely N-dealkylation sites (tertiary alicyclic amines) is 1. The highest BCUT2D eigenvalue weighted by Gasteiger charge is 2.44. The van der Waals surface area contributed by atoms with Crippen molar-refractivity contribution in [2.75, 3.05) is 19.7 Å². The van der Waals surface area contributed by atoms with E-state index in [4.69, 9.17) is 4.74 Å². The van der Waals surface area contributed by atoms with Crippen LogP contribution < -0.4 is 0 Å². The molecule has 3 atom stereocenters. The van der Waals surface area contributed by atoms with Crippen molar-refractivity contribution in [1.82, 2.24) is 4.90 Å². The predicted molar refractivity (Wildman–Crippen MR) is 65.5 cm³/mol. The maximum absolute atomic E-state index is 6.09. The fourth-order valence-corrected chi connectivity index (χ4v) is 4.04. The zero-order valence-corrected chi connectivity index (χ0v) is 10.6. The summed E-state index contributed by atoms with van der Waals surface area (Å²) in [6.45, 7) is 6.14. The molecule has 1 spiro atoms. The largest absolute Gasteiger partial charge is 0.375 e. The summed E-state index contributed by atoms with van der Waals surface area (Å²) in [4.78, 5) is 2.74. The summed E-state index contributed by atoms with van der Waals surface area (Å²) in [7, 11) is 0. The van der Waals surface area contributed by atoms with Crippen molar-refractivity contribution in [2.45, 2.75) is 63.5 Å². The molecule has 0 aromatic rings. The normalized spacial score (nSPS) is 45.6. The van der Waals surface area contributed by atoms with E-state index in [0.717, 1.165) is 18.6 Å². The molecule has 0 N–H and O–H groups in total. The van der Waals surface area contributed by atoms with Gasteiger partial charge >= 0.3 is 0 Å². The van der Waals surface area contributed by atoms with E-state index in [9.17, 15) is 0 Å². The highest BCUT2D eigenvalue weighted by Crippen LogP contribution is 2.43. The van der Waals surface area contributed by atoms with Gasteiger partial charge in [-0.3, -0.25) is 0 Å². The molecule has 92 valence electrons. The first-order valence-corrected chi connectivity index (χ1v) is 7.17. The Hall–Kier alpha value is -0.0800. The molecule has 16 heavy (non-hydrogen) atoms. The standard InChI is InChI=1S/C14H25NO/c1-12-5-7-14(6-4-10-16-14)11-13(12)15-8-2-3-9-15/h12-13H,2-11H2,1H3. The minimum Gasteiger partial charge on any atom is -0.375 e. The number of nitrogens with zero attached hydrogens (tertiary/aromatic N) is 1.